The van der Waals surface area contributed by atoms with Crippen LogP contribution in [0.2, 0.25) is 0 Å². The van der Waals surface area contributed by atoms with Gasteiger partial charge in [-0.2, -0.15) is 0 Å². The number of rotatable bonds is 6. The highest BCUT2D eigenvalue weighted by Crippen LogP contribution is 2.33. The number of hydrogen-bond donors (Lipinski definition) is 1. The molecule has 0 aromatic heterocycles. The second kappa shape index (κ2) is 7.08. The highest BCUT2D eigenvalue weighted by molar-refractivity contribution is 9.10. The zero-order valence-corrected chi connectivity index (χ0v) is 12.0. The average Bonchev–Trinajstić information content (AvgIpc) is 2.30. The molecule has 1 N–H and O–H groups in total. The lowest BCUT2D eigenvalue weighted by Gasteiger charge is -2.26. The summed E-state index contributed by atoms with van der Waals surface area (Å²) in [5.74, 6) is 1.36. The molecule has 16 heavy (non-hydrogen) atoms. The molecule has 0 bridgehead atoms. The van der Waals surface area contributed by atoms with E-state index in [0.717, 1.165) is 12.5 Å². The standard InChI is InChI=1S/C14H22BrN/c1-4-11(5-2)13(10-16-3)12-8-6-7-9-14(12)15/h6-9,11,13,16H,4-5,10H2,1-3H3. The van der Waals surface area contributed by atoms with Crippen LogP contribution in [0.15, 0.2) is 28.7 Å². The summed E-state index contributed by atoms with van der Waals surface area (Å²) in [7, 11) is 2.03. The number of halogens is 1. The Bertz CT molecular complexity index is 307. The van der Waals surface area contributed by atoms with E-state index in [4.69, 9.17) is 0 Å². The predicted octanol–water partition coefficient (Wildman–Crippen LogP) is 4.19. The summed E-state index contributed by atoms with van der Waals surface area (Å²) in [6.07, 6.45) is 2.48. The molecule has 2 heteroatoms. The van der Waals surface area contributed by atoms with Crippen molar-refractivity contribution >= 4 is 15.9 Å². The van der Waals surface area contributed by atoms with Crippen molar-refractivity contribution in [1.82, 2.24) is 5.32 Å². The van der Waals surface area contributed by atoms with Crippen molar-refractivity contribution in [3.63, 3.8) is 0 Å². The molecule has 0 fully saturated rings. The van der Waals surface area contributed by atoms with Gasteiger partial charge in [-0.3, -0.25) is 0 Å². The van der Waals surface area contributed by atoms with Crippen molar-refractivity contribution < 1.29 is 0 Å². The molecule has 0 spiro atoms. The van der Waals surface area contributed by atoms with E-state index in [1.807, 2.05) is 7.05 Å². The molecular formula is C14H22BrN. The topological polar surface area (TPSA) is 12.0 Å². The minimum Gasteiger partial charge on any atom is -0.319 e. The molecule has 0 aliphatic rings. The smallest absolute Gasteiger partial charge is 0.0210 e. The summed E-state index contributed by atoms with van der Waals surface area (Å²) in [6, 6.07) is 8.59. The molecule has 0 saturated carbocycles. The van der Waals surface area contributed by atoms with Gasteiger partial charge in [0.2, 0.25) is 0 Å². The first-order chi connectivity index (χ1) is 7.74. The molecule has 1 aromatic carbocycles. The summed E-state index contributed by atoms with van der Waals surface area (Å²) < 4.78 is 1.24. The third-order valence-corrected chi connectivity index (χ3v) is 4.07. The Balaban J connectivity index is 2.97. The fourth-order valence-corrected chi connectivity index (χ4v) is 2.96. The molecule has 1 atom stereocenters. The van der Waals surface area contributed by atoms with Gasteiger partial charge in [-0.05, 0) is 24.6 Å². The van der Waals surface area contributed by atoms with Gasteiger partial charge in [-0.1, -0.05) is 60.8 Å². The fourth-order valence-electron chi connectivity index (χ4n) is 2.38. The van der Waals surface area contributed by atoms with Gasteiger partial charge < -0.3 is 5.32 Å². The summed E-state index contributed by atoms with van der Waals surface area (Å²) in [5.41, 5.74) is 1.44. The molecule has 0 saturated heterocycles. The van der Waals surface area contributed by atoms with Gasteiger partial charge in [0.25, 0.3) is 0 Å². The molecule has 0 heterocycles. The minimum atomic E-state index is 0.607. The summed E-state index contributed by atoms with van der Waals surface area (Å²) in [6.45, 7) is 5.62. The zero-order valence-electron chi connectivity index (χ0n) is 10.5. The van der Waals surface area contributed by atoms with Crippen LogP contribution < -0.4 is 5.32 Å². The zero-order chi connectivity index (χ0) is 12.0. The first kappa shape index (κ1) is 13.7. The SMILES string of the molecule is CCC(CC)C(CNC)c1ccccc1Br. The second-order valence-corrected chi connectivity index (χ2v) is 5.12. The van der Waals surface area contributed by atoms with E-state index in [-0.39, 0.29) is 0 Å². The van der Waals surface area contributed by atoms with Crippen molar-refractivity contribution in [3.05, 3.63) is 34.3 Å². The molecule has 1 nitrogen and oxygen atoms in total. The van der Waals surface area contributed by atoms with Crippen LogP contribution in [-0.2, 0) is 0 Å². The largest absolute Gasteiger partial charge is 0.319 e. The van der Waals surface area contributed by atoms with Crippen LogP contribution in [0.4, 0.5) is 0 Å². The monoisotopic (exact) mass is 283 g/mol. The van der Waals surface area contributed by atoms with Crippen LogP contribution in [0, 0.1) is 5.92 Å². The van der Waals surface area contributed by atoms with Crippen molar-refractivity contribution in [1.29, 1.82) is 0 Å². The molecule has 1 aromatic rings. The maximum atomic E-state index is 3.67. The molecule has 90 valence electrons. The van der Waals surface area contributed by atoms with Crippen LogP contribution in [0.25, 0.3) is 0 Å². The Morgan fingerprint density at radius 3 is 2.31 bits per heavy atom. The fraction of sp³-hybridized carbons (Fsp3) is 0.571. The molecule has 0 amide bonds. The van der Waals surface area contributed by atoms with Gasteiger partial charge in [0.15, 0.2) is 0 Å². The summed E-state index contributed by atoms with van der Waals surface area (Å²) in [5, 5.41) is 3.32. The van der Waals surface area contributed by atoms with E-state index in [1.165, 1.54) is 22.9 Å². The van der Waals surface area contributed by atoms with Gasteiger partial charge >= 0.3 is 0 Å². The van der Waals surface area contributed by atoms with E-state index in [2.05, 4.69) is 59.4 Å². The first-order valence-corrected chi connectivity index (χ1v) is 6.92. The van der Waals surface area contributed by atoms with E-state index in [0.29, 0.717) is 5.92 Å². The molecule has 0 aliphatic carbocycles. The van der Waals surface area contributed by atoms with Crippen LogP contribution in [0.5, 0.6) is 0 Å². The van der Waals surface area contributed by atoms with Crippen molar-refractivity contribution in [2.75, 3.05) is 13.6 Å². The highest BCUT2D eigenvalue weighted by Gasteiger charge is 2.21. The Kier molecular flexibility index (Phi) is 6.07. The van der Waals surface area contributed by atoms with E-state index >= 15 is 0 Å². The third-order valence-electron chi connectivity index (χ3n) is 3.35. The van der Waals surface area contributed by atoms with Crippen LogP contribution in [-0.4, -0.2) is 13.6 Å². The van der Waals surface area contributed by atoms with Crippen LogP contribution in [0.1, 0.15) is 38.2 Å². The Hall–Kier alpha value is -0.340. The van der Waals surface area contributed by atoms with Gasteiger partial charge in [-0.15, -0.1) is 0 Å². The average molecular weight is 284 g/mol. The summed E-state index contributed by atoms with van der Waals surface area (Å²) >= 11 is 3.67. The highest BCUT2D eigenvalue weighted by atomic mass is 79.9. The van der Waals surface area contributed by atoms with Crippen molar-refractivity contribution in [2.24, 2.45) is 5.92 Å². The number of hydrogen-bond acceptors (Lipinski definition) is 1. The summed E-state index contributed by atoms with van der Waals surface area (Å²) in [4.78, 5) is 0. The lowest BCUT2D eigenvalue weighted by molar-refractivity contribution is 0.386. The van der Waals surface area contributed by atoms with Gasteiger partial charge in [0.05, 0.1) is 0 Å². The van der Waals surface area contributed by atoms with Gasteiger partial charge in [0, 0.05) is 16.9 Å². The van der Waals surface area contributed by atoms with E-state index < -0.39 is 0 Å². The Labute approximate surface area is 108 Å². The van der Waals surface area contributed by atoms with E-state index in [1.54, 1.807) is 0 Å². The lowest BCUT2D eigenvalue weighted by atomic mass is 9.82. The molecule has 1 rings (SSSR count). The molecule has 0 radical (unpaired) electrons. The molecular weight excluding hydrogens is 262 g/mol. The van der Waals surface area contributed by atoms with Crippen molar-refractivity contribution in [2.45, 2.75) is 32.6 Å². The maximum Gasteiger partial charge on any atom is 0.0210 e. The lowest BCUT2D eigenvalue weighted by Crippen LogP contribution is -2.24. The normalized spacial score (nSPS) is 13.1. The Morgan fingerprint density at radius 1 is 1.19 bits per heavy atom. The number of benzene rings is 1. The quantitative estimate of drug-likeness (QED) is 0.826. The number of nitrogens with one attached hydrogen (secondary N) is 1. The predicted molar refractivity (Wildman–Crippen MR) is 74.9 cm³/mol. The number of likely N-dealkylation sites (N-methyl/N-ethyl adjacent to an activating group) is 1. The second-order valence-electron chi connectivity index (χ2n) is 4.26. The van der Waals surface area contributed by atoms with Crippen LogP contribution >= 0.6 is 15.9 Å². The maximum absolute atomic E-state index is 3.67. The van der Waals surface area contributed by atoms with Gasteiger partial charge in [0.1, 0.15) is 0 Å². The molecule has 0 aliphatic heterocycles. The van der Waals surface area contributed by atoms with E-state index in [9.17, 15) is 0 Å². The Morgan fingerprint density at radius 2 is 1.81 bits per heavy atom. The molecule has 1 unspecified atom stereocenters. The van der Waals surface area contributed by atoms with Crippen molar-refractivity contribution in [3.8, 4) is 0 Å². The van der Waals surface area contributed by atoms with Gasteiger partial charge in [-0.25, -0.2) is 0 Å². The minimum absolute atomic E-state index is 0.607. The first-order valence-electron chi connectivity index (χ1n) is 6.13. The van der Waals surface area contributed by atoms with Crippen LogP contribution in [0.3, 0.4) is 0 Å². The third kappa shape index (κ3) is 3.33.